The Hall–Kier alpha value is -2.70. The molecule has 0 aliphatic carbocycles. The summed E-state index contributed by atoms with van der Waals surface area (Å²) in [7, 11) is 0. The predicted octanol–water partition coefficient (Wildman–Crippen LogP) is 1.38. The Bertz CT molecular complexity index is 699. The number of hydrogen-bond acceptors (Lipinski definition) is 4. The van der Waals surface area contributed by atoms with E-state index in [1.54, 1.807) is 11.0 Å². The van der Waals surface area contributed by atoms with Crippen LogP contribution in [0.3, 0.4) is 0 Å². The van der Waals surface area contributed by atoms with Gasteiger partial charge < -0.3 is 10.6 Å². The number of benzene rings is 1. The lowest BCUT2D eigenvalue weighted by molar-refractivity contribution is -0.122. The summed E-state index contributed by atoms with van der Waals surface area (Å²) < 4.78 is 1.73. The standard InChI is InChI=1S/C17H21N5O2/c23-16(19-8-3-9-22-12-18-11-20-22)7-6-14-10-13-4-1-2-5-15(13)21-17(14)24/h1-2,4-5,11-12,14H,3,6-10H2,(H,19,23)(H,21,24)/t14-/m1/s1. The maximum absolute atomic E-state index is 12.1. The lowest BCUT2D eigenvalue weighted by Crippen LogP contribution is -2.32. The van der Waals surface area contributed by atoms with E-state index in [9.17, 15) is 9.59 Å². The summed E-state index contributed by atoms with van der Waals surface area (Å²) in [5, 5.41) is 9.81. The minimum absolute atomic E-state index is 0.00711. The maximum Gasteiger partial charge on any atom is 0.227 e. The Morgan fingerprint density at radius 2 is 2.25 bits per heavy atom. The van der Waals surface area contributed by atoms with Crippen LogP contribution in [-0.2, 0) is 22.6 Å². The number of amides is 2. The molecule has 7 heteroatoms. The minimum atomic E-state index is -0.138. The molecule has 1 aliphatic heterocycles. The highest BCUT2D eigenvalue weighted by atomic mass is 16.2. The summed E-state index contributed by atoms with van der Waals surface area (Å²) in [5.41, 5.74) is 2.02. The van der Waals surface area contributed by atoms with Gasteiger partial charge in [-0.15, -0.1) is 0 Å². The summed E-state index contributed by atoms with van der Waals surface area (Å²) in [4.78, 5) is 27.9. The van der Waals surface area contributed by atoms with Crippen LogP contribution in [0.15, 0.2) is 36.9 Å². The lowest BCUT2D eigenvalue weighted by Gasteiger charge is -2.24. The fraction of sp³-hybridized carbons (Fsp3) is 0.412. The van der Waals surface area contributed by atoms with Gasteiger partial charge in [0, 0.05) is 31.1 Å². The number of carbonyl (C=O) groups excluding carboxylic acids is 2. The second kappa shape index (κ2) is 7.72. The summed E-state index contributed by atoms with van der Waals surface area (Å²) in [6, 6.07) is 7.80. The molecule has 2 amide bonds. The number of para-hydroxylation sites is 1. The minimum Gasteiger partial charge on any atom is -0.356 e. The molecule has 2 heterocycles. The van der Waals surface area contributed by atoms with Gasteiger partial charge >= 0.3 is 0 Å². The number of hydrogen-bond donors (Lipinski definition) is 2. The summed E-state index contributed by atoms with van der Waals surface area (Å²) in [5.74, 6) is -0.145. The molecule has 3 rings (SSSR count). The second-order valence-corrected chi connectivity index (χ2v) is 5.95. The molecule has 1 aromatic heterocycles. The van der Waals surface area contributed by atoms with E-state index in [2.05, 4.69) is 20.7 Å². The molecule has 0 saturated carbocycles. The van der Waals surface area contributed by atoms with Crippen molar-refractivity contribution in [3.8, 4) is 0 Å². The van der Waals surface area contributed by atoms with E-state index in [0.717, 1.165) is 24.2 Å². The largest absolute Gasteiger partial charge is 0.356 e. The van der Waals surface area contributed by atoms with Crippen LogP contribution in [0, 0.1) is 5.92 Å². The van der Waals surface area contributed by atoms with Gasteiger partial charge in [0.25, 0.3) is 0 Å². The maximum atomic E-state index is 12.1. The van der Waals surface area contributed by atoms with Crippen LogP contribution < -0.4 is 10.6 Å². The van der Waals surface area contributed by atoms with Crippen LogP contribution in [0.2, 0.25) is 0 Å². The number of aryl methyl sites for hydroxylation is 1. The van der Waals surface area contributed by atoms with Crippen molar-refractivity contribution in [3.63, 3.8) is 0 Å². The monoisotopic (exact) mass is 327 g/mol. The van der Waals surface area contributed by atoms with E-state index in [4.69, 9.17) is 0 Å². The predicted molar refractivity (Wildman–Crippen MR) is 89.1 cm³/mol. The number of nitrogens with zero attached hydrogens (tertiary/aromatic N) is 3. The van der Waals surface area contributed by atoms with Crippen LogP contribution in [0.1, 0.15) is 24.8 Å². The molecule has 1 aromatic carbocycles. The normalized spacial score (nSPS) is 16.3. The van der Waals surface area contributed by atoms with Gasteiger partial charge in [0.05, 0.1) is 0 Å². The first-order valence-corrected chi connectivity index (χ1v) is 8.20. The van der Waals surface area contributed by atoms with Gasteiger partial charge in [0.1, 0.15) is 12.7 Å². The molecule has 0 unspecified atom stereocenters. The lowest BCUT2D eigenvalue weighted by atomic mass is 9.89. The zero-order valence-corrected chi connectivity index (χ0v) is 13.4. The molecule has 1 aliphatic rings. The molecule has 2 aromatic rings. The Kier molecular flexibility index (Phi) is 5.20. The SMILES string of the molecule is O=C(CC[C@@H]1Cc2ccccc2NC1=O)NCCCn1cncn1. The van der Waals surface area contributed by atoms with E-state index in [0.29, 0.717) is 25.8 Å². The van der Waals surface area contributed by atoms with Crippen LogP contribution in [0.5, 0.6) is 0 Å². The first kappa shape index (κ1) is 16.2. The van der Waals surface area contributed by atoms with Crippen molar-refractivity contribution in [1.29, 1.82) is 0 Å². The van der Waals surface area contributed by atoms with E-state index in [1.807, 2.05) is 24.3 Å². The Balaban J connectivity index is 1.37. The van der Waals surface area contributed by atoms with Crippen LogP contribution >= 0.6 is 0 Å². The zero-order valence-electron chi connectivity index (χ0n) is 13.4. The van der Waals surface area contributed by atoms with Gasteiger partial charge in [-0.05, 0) is 30.9 Å². The van der Waals surface area contributed by atoms with Crippen LogP contribution in [0.4, 0.5) is 5.69 Å². The van der Waals surface area contributed by atoms with Crippen LogP contribution in [-0.4, -0.2) is 33.1 Å². The second-order valence-electron chi connectivity index (χ2n) is 5.95. The molecule has 24 heavy (non-hydrogen) atoms. The summed E-state index contributed by atoms with van der Waals surface area (Å²) in [6.07, 6.45) is 5.57. The summed E-state index contributed by atoms with van der Waals surface area (Å²) in [6.45, 7) is 1.32. The molecule has 0 radical (unpaired) electrons. The van der Waals surface area contributed by atoms with E-state index in [1.165, 1.54) is 6.33 Å². The molecular formula is C17H21N5O2. The highest BCUT2D eigenvalue weighted by molar-refractivity contribution is 5.96. The third-order valence-electron chi connectivity index (χ3n) is 4.18. The fourth-order valence-electron chi connectivity index (χ4n) is 2.86. The van der Waals surface area contributed by atoms with Gasteiger partial charge in [-0.3, -0.25) is 14.3 Å². The van der Waals surface area contributed by atoms with Crippen molar-refractivity contribution in [2.75, 3.05) is 11.9 Å². The van der Waals surface area contributed by atoms with Gasteiger partial charge in [0.2, 0.25) is 11.8 Å². The molecular weight excluding hydrogens is 306 g/mol. The number of anilines is 1. The molecule has 1 atom stereocenters. The smallest absolute Gasteiger partial charge is 0.227 e. The van der Waals surface area contributed by atoms with E-state index < -0.39 is 0 Å². The third kappa shape index (κ3) is 4.18. The van der Waals surface area contributed by atoms with Crippen molar-refractivity contribution in [2.24, 2.45) is 5.92 Å². The van der Waals surface area contributed by atoms with Crippen molar-refractivity contribution < 1.29 is 9.59 Å². The van der Waals surface area contributed by atoms with Crippen LogP contribution in [0.25, 0.3) is 0 Å². The Morgan fingerprint density at radius 1 is 1.38 bits per heavy atom. The molecule has 126 valence electrons. The highest BCUT2D eigenvalue weighted by Gasteiger charge is 2.26. The quantitative estimate of drug-likeness (QED) is 0.752. The number of rotatable bonds is 7. The molecule has 0 saturated heterocycles. The molecule has 7 nitrogen and oxygen atoms in total. The molecule has 0 bridgehead atoms. The number of carbonyl (C=O) groups is 2. The fourth-order valence-corrected chi connectivity index (χ4v) is 2.86. The Morgan fingerprint density at radius 3 is 3.08 bits per heavy atom. The van der Waals surface area contributed by atoms with E-state index >= 15 is 0 Å². The molecule has 0 spiro atoms. The molecule has 2 N–H and O–H groups in total. The summed E-state index contributed by atoms with van der Waals surface area (Å²) >= 11 is 0. The first-order valence-electron chi connectivity index (χ1n) is 8.20. The van der Waals surface area contributed by atoms with Gasteiger partial charge in [0.15, 0.2) is 0 Å². The first-order chi connectivity index (χ1) is 11.7. The van der Waals surface area contributed by atoms with Gasteiger partial charge in [-0.1, -0.05) is 18.2 Å². The number of aromatic nitrogens is 3. The van der Waals surface area contributed by atoms with Crippen molar-refractivity contribution in [1.82, 2.24) is 20.1 Å². The topological polar surface area (TPSA) is 88.9 Å². The Labute approximate surface area is 140 Å². The van der Waals surface area contributed by atoms with Crippen molar-refractivity contribution >= 4 is 17.5 Å². The number of fused-ring (bicyclic) bond motifs is 1. The third-order valence-corrected chi connectivity index (χ3v) is 4.18. The highest BCUT2D eigenvalue weighted by Crippen LogP contribution is 2.27. The average molecular weight is 327 g/mol. The van der Waals surface area contributed by atoms with Gasteiger partial charge in [-0.2, -0.15) is 5.10 Å². The number of nitrogens with one attached hydrogen (secondary N) is 2. The van der Waals surface area contributed by atoms with E-state index in [-0.39, 0.29) is 17.7 Å². The van der Waals surface area contributed by atoms with Crippen molar-refractivity contribution in [2.45, 2.75) is 32.2 Å². The zero-order chi connectivity index (χ0) is 16.8. The van der Waals surface area contributed by atoms with Crippen molar-refractivity contribution in [3.05, 3.63) is 42.5 Å². The van der Waals surface area contributed by atoms with Gasteiger partial charge in [-0.25, -0.2) is 4.98 Å². The average Bonchev–Trinajstić information content (AvgIpc) is 3.10. The molecule has 0 fully saturated rings.